The standard InChI is InChI=1S/2C13H15.C6H10.2ClH.Zr/c2*1-3-10(2)12-9-8-11-6-4-5-7-13(11)12;1-2-4-6-5-3-1;;;/h2*4-10H,3H2,1-2H3;1-5H2;2*1H;/q;;;;;+2/p-2. The summed E-state index contributed by atoms with van der Waals surface area (Å²) in [6, 6.07) is 18.9. The topological polar surface area (TPSA) is 0 Å². The van der Waals surface area contributed by atoms with Crippen molar-refractivity contribution < 1.29 is 46.1 Å². The molecule has 0 N–H and O–H groups in total. The molecule has 0 aromatic heterocycles. The molecule has 4 unspecified atom stereocenters. The Balaban J connectivity index is 0.00000171. The minimum atomic E-state index is -2.10. The summed E-state index contributed by atoms with van der Waals surface area (Å²) < 4.78 is 3.43. The van der Waals surface area contributed by atoms with Crippen LogP contribution in [0.4, 0.5) is 0 Å². The molecule has 0 nitrogen and oxygen atoms in total. The van der Waals surface area contributed by atoms with Crippen molar-refractivity contribution in [2.75, 3.05) is 0 Å². The van der Waals surface area contributed by atoms with Crippen LogP contribution in [0.15, 0.2) is 60.7 Å². The first-order chi connectivity index (χ1) is 16.1. The Kier molecular flexibility index (Phi) is 10.4. The first-order valence-corrected chi connectivity index (χ1v) is 17.5. The van der Waals surface area contributed by atoms with Crippen molar-refractivity contribution in [3.63, 3.8) is 0 Å². The second-order valence-corrected chi connectivity index (χ2v) is 17.6. The zero-order valence-corrected chi connectivity index (χ0v) is 25.8. The molecule has 3 aliphatic rings. The van der Waals surface area contributed by atoms with Crippen molar-refractivity contribution in [3.8, 4) is 0 Å². The number of hydrogen-bond acceptors (Lipinski definition) is 0. The maximum atomic E-state index is 2.78. The van der Waals surface area contributed by atoms with Crippen molar-refractivity contribution in [2.24, 2.45) is 11.8 Å². The predicted molar refractivity (Wildman–Crippen MR) is 141 cm³/mol. The molecule has 2 aromatic rings. The molecule has 4 atom stereocenters. The molecule has 0 amide bonds. The Morgan fingerprint density at radius 3 is 1.54 bits per heavy atom. The van der Waals surface area contributed by atoms with Crippen LogP contribution in [0.25, 0.3) is 11.1 Å². The molecule has 1 fully saturated rings. The summed E-state index contributed by atoms with van der Waals surface area (Å²) in [7, 11) is 0. The third-order valence-electron chi connectivity index (χ3n) is 8.73. The smallest absolute Gasteiger partial charge is 1.00 e. The zero-order chi connectivity index (χ0) is 22.9. The van der Waals surface area contributed by atoms with Crippen molar-refractivity contribution in [1.29, 1.82) is 0 Å². The van der Waals surface area contributed by atoms with E-state index in [1.54, 1.807) is 33.4 Å². The molecule has 0 bridgehead atoms. The van der Waals surface area contributed by atoms with Gasteiger partial charge in [-0.2, -0.15) is 0 Å². The molecule has 0 radical (unpaired) electrons. The SMILES string of the molecule is CCC(C)C1=C[CH]([Zr+2](=[C]2CCCCC2)[CH]2C=C(C(C)CC)c3ccccc32)c2ccccc21.[Cl-].[Cl-]. The Morgan fingerprint density at radius 1 is 0.686 bits per heavy atom. The van der Waals surface area contributed by atoms with E-state index in [-0.39, 0.29) is 24.8 Å². The minimum Gasteiger partial charge on any atom is -1.00 e. The molecular weight excluding hydrogens is 546 g/mol. The van der Waals surface area contributed by atoms with Gasteiger partial charge in [0.2, 0.25) is 0 Å². The largest absolute Gasteiger partial charge is 1.00 e. The van der Waals surface area contributed by atoms with Crippen LogP contribution in [0.2, 0.25) is 0 Å². The fourth-order valence-corrected chi connectivity index (χ4v) is 16.5. The molecular formula is C32H40Cl2Zr. The van der Waals surface area contributed by atoms with Gasteiger partial charge >= 0.3 is 210 Å². The van der Waals surface area contributed by atoms with Crippen molar-refractivity contribution >= 4 is 14.4 Å². The van der Waals surface area contributed by atoms with Crippen LogP contribution in [-0.4, -0.2) is 3.21 Å². The summed E-state index contributed by atoms with van der Waals surface area (Å²) in [6.07, 6.45) is 15.1. The molecule has 186 valence electrons. The number of halogens is 2. The average Bonchev–Trinajstić information content (AvgIpc) is 3.44. The summed E-state index contributed by atoms with van der Waals surface area (Å²) in [5.41, 5.74) is 9.77. The van der Waals surface area contributed by atoms with Crippen LogP contribution >= 0.6 is 0 Å². The summed E-state index contributed by atoms with van der Waals surface area (Å²) in [5, 5.41) is 0. The molecule has 3 heteroatoms. The van der Waals surface area contributed by atoms with E-state index in [2.05, 4.69) is 88.4 Å². The van der Waals surface area contributed by atoms with Gasteiger partial charge in [0.05, 0.1) is 0 Å². The van der Waals surface area contributed by atoms with Gasteiger partial charge < -0.3 is 24.8 Å². The van der Waals surface area contributed by atoms with Crippen molar-refractivity contribution in [1.82, 2.24) is 0 Å². The molecule has 1 saturated carbocycles. The normalized spacial score (nSPS) is 21.9. The first-order valence-electron chi connectivity index (χ1n) is 13.5. The maximum Gasteiger partial charge on any atom is -1.00 e. The fourth-order valence-electron chi connectivity index (χ4n) is 6.49. The molecule has 5 rings (SSSR count). The van der Waals surface area contributed by atoms with Gasteiger partial charge in [-0.1, -0.05) is 0 Å². The van der Waals surface area contributed by atoms with E-state index in [1.165, 1.54) is 44.9 Å². The number of hydrogen-bond donors (Lipinski definition) is 0. The van der Waals surface area contributed by atoms with Crippen LogP contribution in [0.3, 0.4) is 0 Å². The predicted octanol–water partition coefficient (Wildman–Crippen LogP) is 3.12. The summed E-state index contributed by atoms with van der Waals surface area (Å²) in [6.45, 7) is 9.58. The second kappa shape index (κ2) is 12.7. The zero-order valence-electron chi connectivity index (χ0n) is 21.8. The monoisotopic (exact) mass is 584 g/mol. The Bertz CT molecular complexity index is 1040. The summed E-state index contributed by atoms with van der Waals surface area (Å²) in [4.78, 5) is 0. The fraction of sp³-hybridized carbons (Fsp3) is 0.469. The van der Waals surface area contributed by atoms with Gasteiger partial charge in [-0.05, 0) is 0 Å². The molecule has 0 heterocycles. The van der Waals surface area contributed by atoms with Gasteiger partial charge in [-0.25, -0.2) is 0 Å². The van der Waals surface area contributed by atoms with Gasteiger partial charge in [-0.3, -0.25) is 0 Å². The molecule has 2 aromatic carbocycles. The quantitative estimate of drug-likeness (QED) is 0.488. The number of fused-ring (bicyclic) bond motifs is 2. The van der Waals surface area contributed by atoms with E-state index >= 15 is 0 Å². The van der Waals surface area contributed by atoms with Gasteiger partial charge in [0, 0.05) is 0 Å². The molecule has 0 spiro atoms. The van der Waals surface area contributed by atoms with Gasteiger partial charge in [0.1, 0.15) is 0 Å². The van der Waals surface area contributed by atoms with Gasteiger partial charge in [0.25, 0.3) is 0 Å². The number of rotatable bonds is 6. The Labute approximate surface area is 233 Å². The van der Waals surface area contributed by atoms with Crippen LogP contribution in [0, 0.1) is 11.8 Å². The molecule has 35 heavy (non-hydrogen) atoms. The van der Waals surface area contributed by atoms with E-state index in [4.69, 9.17) is 0 Å². The van der Waals surface area contributed by atoms with Crippen molar-refractivity contribution in [3.05, 3.63) is 82.9 Å². The summed E-state index contributed by atoms with van der Waals surface area (Å²) in [5.74, 6) is 1.30. The Hall–Kier alpha value is -0.747. The van der Waals surface area contributed by atoms with E-state index in [0.29, 0.717) is 19.1 Å². The third kappa shape index (κ3) is 5.44. The average molecular weight is 587 g/mol. The van der Waals surface area contributed by atoms with E-state index in [1.807, 2.05) is 3.21 Å². The van der Waals surface area contributed by atoms with Crippen LogP contribution in [-0.2, 0) is 21.3 Å². The minimum absolute atomic E-state index is 0. The van der Waals surface area contributed by atoms with E-state index in [9.17, 15) is 0 Å². The van der Waals surface area contributed by atoms with Crippen LogP contribution < -0.4 is 24.8 Å². The number of benzene rings is 2. The van der Waals surface area contributed by atoms with Gasteiger partial charge in [-0.15, -0.1) is 0 Å². The third-order valence-corrected chi connectivity index (χ3v) is 17.6. The van der Waals surface area contributed by atoms with Crippen LogP contribution in [0.1, 0.15) is 102 Å². The summed E-state index contributed by atoms with van der Waals surface area (Å²) >= 11 is -2.10. The molecule has 0 saturated heterocycles. The Morgan fingerprint density at radius 2 is 1.11 bits per heavy atom. The maximum absolute atomic E-state index is 2.78. The van der Waals surface area contributed by atoms with E-state index < -0.39 is 21.3 Å². The van der Waals surface area contributed by atoms with Gasteiger partial charge in [0.15, 0.2) is 0 Å². The van der Waals surface area contributed by atoms with E-state index in [0.717, 1.165) is 0 Å². The molecule has 3 aliphatic carbocycles. The first kappa shape index (κ1) is 28.8. The van der Waals surface area contributed by atoms with Crippen molar-refractivity contribution in [2.45, 2.75) is 79.9 Å². The number of allylic oxidation sites excluding steroid dienone is 4. The molecule has 0 aliphatic heterocycles. The second-order valence-electron chi connectivity index (χ2n) is 10.6. The van der Waals surface area contributed by atoms with Crippen LogP contribution in [0.5, 0.6) is 0 Å².